The van der Waals surface area contributed by atoms with E-state index in [0.717, 1.165) is 5.56 Å². The summed E-state index contributed by atoms with van der Waals surface area (Å²) in [7, 11) is 0. The molecule has 0 spiro atoms. The highest BCUT2D eigenvalue weighted by Crippen LogP contribution is 2.43. The van der Waals surface area contributed by atoms with Gasteiger partial charge < -0.3 is 14.9 Å². The molecule has 0 bridgehead atoms. The Bertz CT molecular complexity index is 1330. The molecule has 7 heteroatoms. The van der Waals surface area contributed by atoms with Gasteiger partial charge in [0, 0.05) is 16.3 Å². The van der Waals surface area contributed by atoms with Crippen LogP contribution < -0.4 is 9.64 Å². The first kappa shape index (κ1) is 24.4. The SMILES string of the molecule is Cc1cc(/C(O)=C2\C(=O)C(=O)N(c3cccc(Cl)c3)C2c2cccc(O)c2)ccc1OCC(C)C. The summed E-state index contributed by atoms with van der Waals surface area (Å²) in [5.41, 5.74) is 1.97. The highest BCUT2D eigenvalue weighted by molar-refractivity contribution is 6.51. The van der Waals surface area contributed by atoms with Crippen LogP contribution in [0.1, 0.15) is 36.6 Å². The van der Waals surface area contributed by atoms with Crippen LogP contribution in [0.4, 0.5) is 5.69 Å². The number of nitrogens with zero attached hydrogens (tertiary/aromatic N) is 1. The molecule has 4 rings (SSSR count). The number of carbonyl (C=O) groups excluding carboxylic acids is 2. The van der Waals surface area contributed by atoms with Gasteiger partial charge in [-0.3, -0.25) is 14.5 Å². The summed E-state index contributed by atoms with van der Waals surface area (Å²) < 4.78 is 5.82. The molecule has 1 fully saturated rings. The molecule has 0 aliphatic carbocycles. The maximum Gasteiger partial charge on any atom is 0.300 e. The van der Waals surface area contributed by atoms with E-state index in [-0.39, 0.29) is 17.1 Å². The van der Waals surface area contributed by atoms with Crippen molar-refractivity contribution in [2.75, 3.05) is 11.5 Å². The summed E-state index contributed by atoms with van der Waals surface area (Å²) in [6.45, 7) is 6.50. The summed E-state index contributed by atoms with van der Waals surface area (Å²) >= 11 is 6.16. The van der Waals surface area contributed by atoms with Crippen LogP contribution in [-0.2, 0) is 9.59 Å². The molecule has 1 unspecified atom stereocenters. The second-order valence-corrected chi connectivity index (χ2v) is 9.37. The first-order valence-corrected chi connectivity index (χ1v) is 11.6. The van der Waals surface area contributed by atoms with Crippen molar-refractivity contribution < 1.29 is 24.5 Å². The van der Waals surface area contributed by atoms with Crippen molar-refractivity contribution in [2.45, 2.75) is 26.8 Å². The fraction of sp³-hybridized carbons (Fsp3) is 0.214. The smallest absolute Gasteiger partial charge is 0.300 e. The van der Waals surface area contributed by atoms with Crippen LogP contribution >= 0.6 is 11.6 Å². The predicted octanol–water partition coefficient (Wildman–Crippen LogP) is 6.02. The molecule has 35 heavy (non-hydrogen) atoms. The number of anilines is 1. The van der Waals surface area contributed by atoms with Gasteiger partial charge in [-0.05, 0) is 72.5 Å². The number of aliphatic hydroxyl groups is 1. The van der Waals surface area contributed by atoms with Crippen LogP contribution in [0.25, 0.3) is 5.76 Å². The molecule has 180 valence electrons. The van der Waals surface area contributed by atoms with Gasteiger partial charge in [0.15, 0.2) is 0 Å². The van der Waals surface area contributed by atoms with E-state index >= 15 is 0 Å². The minimum absolute atomic E-state index is 0.0262. The summed E-state index contributed by atoms with van der Waals surface area (Å²) in [4.78, 5) is 27.8. The predicted molar refractivity (Wildman–Crippen MR) is 136 cm³/mol. The van der Waals surface area contributed by atoms with Gasteiger partial charge in [-0.25, -0.2) is 0 Å². The van der Waals surface area contributed by atoms with Gasteiger partial charge in [0.1, 0.15) is 17.3 Å². The van der Waals surface area contributed by atoms with E-state index in [1.807, 2.05) is 6.92 Å². The highest BCUT2D eigenvalue weighted by Gasteiger charge is 2.47. The van der Waals surface area contributed by atoms with Crippen molar-refractivity contribution in [3.8, 4) is 11.5 Å². The molecule has 1 aliphatic heterocycles. The number of aryl methyl sites for hydroxylation is 1. The molecule has 1 saturated heterocycles. The van der Waals surface area contributed by atoms with E-state index < -0.39 is 17.7 Å². The Hall–Kier alpha value is -3.77. The average Bonchev–Trinajstić information content (AvgIpc) is 3.08. The van der Waals surface area contributed by atoms with Crippen molar-refractivity contribution in [3.05, 3.63) is 94.0 Å². The molecule has 3 aromatic rings. The number of ether oxygens (including phenoxy) is 1. The van der Waals surface area contributed by atoms with Gasteiger partial charge in [-0.2, -0.15) is 0 Å². The molecule has 3 aromatic carbocycles. The molecule has 1 aliphatic rings. The molecule has 1 atom stereocenters. The summed E-state index contributed by atoms with van der Waals surface area (Å²) in [6, 6.07) is 17.0. The quantitative estimate of drug-likeness (QED) is 0.250. The number of phenolic OH excluding ortho intramolecular Hbond substituents is 1. The summed E-state index contributed by atoms with van der Waals surface area (Å²) in [5.74, 6) is -0.919. The van der Waals surface area contributed by atoms with E-state index in [4.69, 9.17) is 16.3 Å². The van der Waals surface area contributed by atoms with Gasteiger partial charge in [-0.1, -0.05) is 43.6 Å². The molecule has 1 heterocycles. The fourth-order valence-electron chi connectivity index (χ4n) is 4.11. The number of amides is 1. The van der Waals surface area contributed by atoms with E-state index in [1.54, 1.807) is 54.6 Å². The first-order chi connectivity index (χ1) is 16.7. The third-order valence-electron chi connectivity index (χ3n) is 5.74. The Balaban J connectivity index is 1.86. The van der Waals surface area contributed by atoms with Gasteiger partial charge in [0.05, 0.1) is 18.2 Å². The number of phenols is 1. The van der Waals surface area contributed by atoms with Crippen molar-refractivity contribution in [2.24, 2.45) is 5.92 Å². The van der Waals surface area contributed by atoms with Crippen LogP contribution in [-0.4, -0.2) is 28.5 Å². The number of Topliss-reactive ketones (excluding diaryl/α,β-unsaturated/α-hetero) is 1. The lowest BCUT2D eigenvalue weighted by Gasteiger charge is -2.25. The third-order valence-corrected chi connectivity index (χ3v) is 5.97. The number of aromatic hydroxyl groups is 1. The van der Waals surface area contributed by atoms with E-state index in [0.29, 0.717) is 40.1 Å². The number of hydrogen-bond acceptors (Lipinski definition) is 5. The summed E-state index contributed by atoms with van der Waals surface area (Å²) in [6.07, 6.45) is 0. The fourth-order valence-corrected chi connectivity index (χ4v) is 4.29. The standard InChI is InChI=1S/C28H26ClNO5/c1-16(2)15-35-23-11-10-19(12-17(23)3)26(32)24-25(18-6-4-9-22(31)13-18)30(28(34)27(24)33)21-8-5-7-20(29)14-21/h4-14,16,25,31-32H,15H2,1-3H3/b26-24+. The second-order valence-electron chi connectivity index (χ2n) is 8.93. The maximum absolute atomic E-state index is 13.3. The summed E-state index contributed by atoms with van der Waals surface area (Å²) in [5, 5.41) is 21.8. The zero-order valence-electron chi connectivity index (χ0n) is 19.7. The lowest BCUT2D eigenvalue weighted by molar-refractivity contribution is -0.132. The van der Waals surface area contributed by atoms with Crippen molar-refractivity contribution in [1.82, 2.24) is 0 Å². The van der Waals surface area contributed by atoms with Crippen molar-refractivity contribution in [1.29, 1.82) is 0 Å². The molecule has 2 N–H and O–H groups in total. The Labute approximate surface area is 209 Å². The molecule has 0 saturated carbocycles. The Morgan fingerprint density at radius 1 is 1.06 bits per heavy atom. The maximum atomic E-state index is 13.3. The number of carbonyl (C=O) groups is 2. The van der Waals surface area contributed by atoms with Crippen molar-refractivity contribution in [3.63, 3.8) is 0 Å². The lowest BCUT2D eigenvalue weighted by atomic mass is 9.94. The number of ketones is 1. The Kier molecular flexibility index (Phi) is 6.85. The van der Waals surface area contributed by atoms with Crippen LogP contribution in [0.5, 0.6) is 11.5 Å². The van der Waals surface area contributed by atoms with Gasteiger partial charge >= 0.3 is 0 Å². The second kappa shape index (κ2) is 9.84. The monoisotopic (exact) mass is 491 g/mol. The number of benzene rings is 3. The van der Waals surface area contributed by atoms with Crippen LogP contribution in [0.3, 0.4) is 0 Å². The van der Waals surface area contributed by atoms with Gasteiger partial charge in [0.2, 0.25) is 0 Å². The third kappa shape index (κ3) is 4.88. The van der Waals surface area contributed by atoms with Gasteiger partial charge in [0.25, 0.3) is 11.7 Å². The Morgan fingerprint density at radius 2 is 1.80 bits per heavy atom. The number of rotatable bonds is 6. The average molecular weight is 492 g/mol. The number of aliphatic hydroxyl groups excluding tert-OH is 1. The lowest BCUT2D eigenvalue weighted by Crippen LogP contribution is -2.29. The van der Waals surface area contributed by atoms with E-state index in [2.05, 4.69) is 13.8 Å². The van der Waals surface area contributed by atoms with E-state index in [9.17, 15) is 19.8 Å². The van der Waals surface area contributed by atoms with Crippen LogP contribution in [0.2, 0.25) is 5.02 Å². The molecule has 0 aromatic heterocycles. The minimum atomic E-state index is -0.960. The highest BCUT2D eigenvalue weighted by atomic mass is 35.5. The molecule has 6 nitrogen and oxygen atoms in total. The topological polar surface area (TPSA) is 87.1 Å². The largest absolute Gasteiger partial charge is 0.508 e. The van der Waals surface area contributed by atoms with E-state index in [1.165, 1.54) is 17.0 Å². The van der Waals surface area contributed by atoms with Crippen LogP contribution in [0.15, 0.2) is 72.3 Å². The van der Waals surface area contributed by atoms with Crippen LogP contribution in [0, 0.1) is 12.8 Å². The number of hydrogen-bond donors (Lipinski definition) is 2. The molecule has 1 amide bonds. The molecular formula is C28H26ClNO5. The zero-order chi connectivity index (χ0) is 25.3. The van der Waals surface area contributed by atoms with Crippen molar-refractivity contribution >= 4 is 34.7 Å². The minimum Gasteiger partial charge on any atom is -0.508 e. The molecular weight excluding hydrogens is 466 g/mol. The zero-order valence-corrected chi connectivity index (χ0v) is 20.4. The number of halogens is 1. The van der Waals surface area contributed by atoms with Gasteiger partial charge in [-0.15, -0.1) is 0 Å². The first-order valence-electron chi connectivity index (χ1n) is 11.3. The molecule has 0 radical (unpaired) electrons. The Morgan fingerprint density at radius 3 is 2.46 bits per heavy atom. The normalized spacial score (nSPS) is 17.3.